The number of rotatable bonds is 3. The Hall–Kier alpha value is -1.55. The first kappa shape index (κ1) is 12.5. The summed E-state index contributed by atoms with van der Waals surface area (Å²) in [4.78, 5) is 24.2. The molecule has 0 atom stereocenters. The Bertz CT molecular complexity index is 405. The Morgan fingerprint density at radius 1 is 1.38 bits per heavy atom. The minimum atomic E-state index is -0.295. The number of amides is 2. The number of alkyl halides is 1. The van der Waals surface area contributed by atoms with Gasteiger partial charge >= 0.3 is 0 Å². The molecule has 1 aromatic rings. The number of hydrogen-bond donors (Lipinski definition) is 1. The van der Waals surface area contributed by atoms with Gasteiger partial charge in [-0.05, 0) is 18.2 Å². The summed E-state index contributed by atoms with van der Waals surface area (Å²) >= 11 is 5.37. The molecular weight excluding hydrogens is 228 g/mol. The first-order valence-electron chi connectivity index (χ1n) is 4.72. The Balaban J connectivity index is 2.87. The van der Waals surface area contributed by atoms with Crippen LogP contribution >= 0.6 is 11.6 Å². The van der Waals surface area contributed by atoms with E-state index < -0.39 is 0 Å². The van der Waals surface area contributed by atoms with Crippen molar-refractivity contribution in [3.8, 4) is 0 Å². The topological polar surface area (TPSA) is 49.4 Å². The van der Waals surface area contributed by atoms with Crippen molar-refractivity contribution in [3.63, 3.8) is 0 Å². The average molecular weight is 241 g/mol. The van der Waals surface area contributed by atoms with E-state index in [1.165, 1.54) is 4.90 Å². The van der Waals surface area contributed by atoms with Crippen LogP contribution in [0.4, 0.5) is 5.69 Å². The highest BCUT2D eigenvalue weighted by atomic mass is 35.5. The van der Waals surface area contributed by atoms with Gasteiger partial charge in [-0.3, -0.25) is 9.59 Å². The standard InChI is InChI=1S/C11H13ClN2O2/c1-14(2)11(16)8-4-3-5-9(6-8)13-10(15)7-12/h3-6H,7H2,1-2H3,(H,13,15). The van der Waals surface area contributed by atoms with Gasteiger partial charge in [-0.15, -0.1) is 11.6 Å². The van der Waals surface area contributed by atoms with Crippen LogP contribution in [-0.4, -0.2) is 36.7 Å². The van der Waals surface area contributed by atoms with Crippen LogP contribution in [0, 0.1) is 0 Å². The molecule has 0 unspecified atom stereocenters. The molecule has 16 heavy (non-hydrogen) atoms. The monoisotopic (exact) mass is 240 g/mol. The lowest BCUT2D eigenvalue weighted by Crippen LogP contribution is -2.22. The third-order valence-electron chi connectivity index (χ3n) is 1.92. The van der Waals surface area contributed by atoms with Gasteiger partial charge in [-0.25, -0.2) is 0 Å². The number of benzene rings is 1. The second kappa shape index (κ2) is 5.51. The van der Waals surface area contributed by atoms with Crippen molar-refractivity contribution < 1.29 is 9.59 Å². The molecule has 0 aliphatic heterocycles. The summed E-state index contributed by atoms with van der Waals surface area (Å²) in [6.45, 7) is 0. The molecule has 2 amide bonds. The molecule has 1 N–H and O–H groups in total. The molecule has 0 radical (unpaired) electrons. The number of nitrogens with one attached hydrogen (secondary N) is 1. The predicted octanol–water partition coefficient (Wildman–Crippen LogP) is 1.57. The highest BCUT2D eigenvalue weighted by molar-refractivity contribution is 6.29. The SMILES string of the molecule is CN(C)C(=O)c1cccc(NC(=O)CCl)c1. The van der Waals surface area contributed by atoms with E-state index in [-0.39, 0.29) is 17.7 Å². The van der Waals surface area contributed by atoms with E-state index in [0.717, 1.165) is 0 Å². The molecule has 0 aliphatic rings. The zero-order valence-corrected chi connectivity index (χ0v) is 9.91. The summed E-state index contributed by atoms with van der Waals surface area (Å²) in [5.74, 6) is -0.510. The lowest BCUT2D eigenvalue weighted by Gasteiger charge is -2.11. The number of nitrogens with zero attached hydrogens (tertiary/aromatic N) is 1. The molecule has 0 aliphatic carbocycles. The molecule has 86 valence electrons. The molecule has 0 heterocycles. The Labute approximate surface area is 99.2 Å². The van der Waals surface area contributed by atoms with Crippen molar-refractivity contribution in [1.82, 2.24) is 4.90 Å². The summed E-state index contributed by atoms with van der Waals surface area (Å²) in [6.07, 6.45) is 0. The molecule has 4 nitrogen and oxygen atoms in total. The van der Waals surface area contributed by atoms with E-state index in [2.05, 4.69) is 5.32 Å². The summed E-state index contributed by atoms with van der Waals surface area (Å²) in [7, 11) is 3.35. The Kier molecular flexibility index (Phi) is 4.31. The predicted molar refractivity (Wildman–Crippen MR) is 63.8 cm³/mol. The van der Waals surface area contributed by atoms with Gasteiger partial charge in [0.05, 0.1) is 0 Å². The fraction of sp³-hybridized carbons (Fsp3) is 0.273. The molecular formula is C11H13ClN2O2. The second-order valence-corrected chi connectivity index (χ2v) is 3.73. The minimum Gasteiger partial charge on any atom is -0.345 e. The van der Waals surface area contributed by atoms with E-state index in [1.54, 1.807) is 38.4 Å². The molecule has 1 rings (SSSR count). The zero-order valence-electron chi connectivity index (χ0n) is 9.16. The highest BCUT2D eigenvalue weighted by Crippen LogP contribution is 2.11. The Morgan fingerprint density at radius 3 is 2.62 bits per heavy atom. The largest absolute Gasteiger partial charge is 0.345 e. The lowest BCUT2D eigenvalue weighted by atomic mass is 10.2. The maximum atomic E-state index is 11.6. The van der Waals surface area contributed by atoms with Crippen LogP contribution < -0.4 is 5.32 Å². The fourth-order valence-corrected chi connectivity index (χ4v) is 1.25. The van der Waals surface area contributed by atoms with Crippen molar-refractivity contribution >= 4 is 29.1 Å². The number of carbonyl (C=O) groups is 2. The van der Waals surface area contributed by atoms with Gasteiger partial charge in [0.2, 0.25) is 5.91 Å². The highest BCUT2D eigenvalue weighted by Gasteiger charge is 2.08. The summed E-state index contributed by atoms with van der Waals surface area (Å²) < 4.78 is 0. The van der Waals surface area contributed by atoms with Crippen LogP contribution in [0.5, 0.6) is 0 Å². The van der Waals surface area contributed by atoms with Crippen molar-refractivity contribution in [2.75, 3.05) is 25.3 Å². The van der Waals surface area contributed by atoms with Crippen LogP contribution in [0.2, 0.25) is 0 Å². The van der Waals surface area contributed by atoms with Crippen LogP contribution in [0.15, 0.2) is 24.3 Å². The summed E-state index contributed by atoms with van der Waals surface area (Å²) in [5.41, 5.74) is 1.09. The maximum absolute atomic E-state index is 11.6. The third-order valence-corrected chi connectivity index (χ3v) is 2.16. The molecule has 5 heteroatoms. The first-order chi connectivity index (χ1) is 7.54. The van der Waals surface area contributed by atoms with E-state index >= 15 is 0 Å². The van der Waals surface area contributed by atoms with Crippen LogP contribution in [0.1, 0.15) is 10.4 Å². The van der Waals surface area contributed by atoms with Crippen LogP contribution in [0.3, 0.4) is 0 Å². The van der Waals surface area contributed by atoms with E-state index in [0.29, 0.717) is 11.3 Å². The van der Waals surface area contributed by atoms with Crippen LogP contribution in [-0.2, 0) is 4.79 Å². The quantitative estimate of drug-likeness (QED) is 0.816. The molecule has 0 fully saturated rings. The molecule has 0 bridgehead atoms. The van der Waals surface area contributed by atoms with E-state index in [4.69, 9.17) is 11.6 Å². The van der Waals surface area contributed by atoms with Crippen molar-refractivity contribution in [1.29, 1.82) is 0 Å². The van der Waals surface area contributed by atoms with E-state index in [1.807, 2.05) is 0 Å². The summed E-state index contributed by atoms with van der Waals surface area (Å²) in [5, 5.41) is 2.58. The fourth-order valence-electron chi connectivity index (χ4n) is 1.18. The summed E-state index contributed by atoms with van der Waals surface area (Å²) in [6, 6.07) is 6.73. The lowest BCUT2D eigenvalue weighted by molar-refractivity contribution is -0.113. The van der Waals surface area contributed by atoms with E-state index in [9.17, 15) is 9.59 Å². The molecule has 0 spiro atoms. The van der Waals surface area contributed by atoms with Gasteiger partial charge in [0, 0.05) is 25.3 Å². The zero-order chi connectivity index (χ0) is 12.1. The smallest absolute Gasteiger partial charge is 0.253 e. The van der Waals surface area contributed by atoms with Gasteiger partial charge < -0.3 is 10.2 Å². The van der Waals surface area contributed by atoms with Gasteiger partial charge in [0.15, 0.2) is 0 Å². The second-order valence-electron chi connectivity index (χ2n) is 3.46. The van der Waals surface area contributed by atoms with Crippen molar-refractivity contribution in [2.24, 2.45) is 0 Å². The van der Waals surface area contributed by atoms with Crippen molar-refractivity contribution in [3.05, 3.63) is 29.8 Å². The minimum absolute atomic E-state index is 0.105. The Morgan fingerprint density at radius 2 is 2.06 bits per heavy atom. The molecule has 0 aromatic heterocycles. The number of halogens is 1. The third kappa shape index (κ3) is 3.24. The number of carbonyl (C=O) groups excluding carboxylic acids is 2. The van der Waals surface area contributed by atoms with Crippen LogP contribution in [0.25, 0.3) is 0 Å². The van der Waals surface area contributed by atoms with Gasteiger partial charge in [-0.2, -0.15) is 0 Å². The first-order valence-corrected chi connectivity index (χ1v) is 5.25. The average Bonchev–Trinajstić information content (AvgIpc) is 2.28. The number of hydrogen-bond acceptors (Lipinski definition) is 2. The molecule has 0 saturated heterocycles. The van der Waals surface area contributed by atoms with Gasteiger partial charge in [-0.1, -0.05) is 6.07 Å². The number of anilines is 1. The normalized spacial score (nSPS) is 9.69. The molecule has 1 aromatic carbocycles. The molecule has 0 saturated carbocycles. The van der Waals surface area contributed by atoms with Crippen molar-refractivity contribution in [2.45, 2.75) is 0 Å². The van der Waals surface area contributed by atoms with Gasteiger partial charge in [0.1, 0.15) is 5.88 Å². The maximum Gasteiger partial charge on any atom is 0.253 e. The van der Waals surface area contributed by atoms with Gasteiger partial charge in [0.25, 0.3) is 5.91 Å².